The Morgan fingerprint density at radius 1 is 1.43 bits per heavy atom. The van der Waals surface area contributed by atoms with Crippen LogP contribution in [0.4, 0.5) is 0 Å². The number of rotatable bonds is 2. The van der Waals surface area contributed by atoms with Crippen molar-refractivity contribution in [3.63, 3.8) is 0 Å². The second kappa shape index (κ2) is 4.34. The van der Waals surface area contributed by atoms with Crippen molar-refractivity contribution in [1.82, 2.24) is 14.8 Å². The second-order valence-electron chi connectivity index (χ2n) is 3.79. The van der Waals surface area contributed by atoms with Crippen LogP contribution in [0.15, 0.2) is 12.3 Å². The summed E-state index contributed by atoms with van der Waals surface area (Å²) in [6.45, 7) is 5.45. The molecule has 1 fully saturated rings. The minimum absolute atomic E-state index is 0.831. The zero-order valence-electron chi connectivity index (χ0n) is 8.46. The van der Waals surface area contributed by atoms with Gasteiger partial charge in [0.1, 0.15) is 0 Å². The van der Waals surface area contributed by atoms with E-state index in [0.29, 0.717) is 0 Å². The first-order chi connectivity index (χ1) is 6.75. The van der Waals surface area contributed by atoms with Crippen LogP contribution in [0.5, 0.6) is 0 Å². The van der Waals surface area contributed by atoms with E-state index in [1.807, 2.05) is 19.3 Å². The van der Waals surface area contributed by atoms with Gasteiger partial charge in [0, 0.05) is 51.7 Å². The molecule has 0 unspecified atom stereocenters. The van der Waals surface area contributed by atoms with E-state index in [2.05, 4.69) is 14.8 Å². The minimum Gasteiger partial charge on any atom is -0.352 e. The fourth-order valence-electron chi connectivity index (χ4n) is 1.82. The van der Waals surface area contributed by atoms with Gasteiger partial charge in [-0.2, -0.15) is 0 Å². The Bertz CT molecular complexity index is 302. The molecule has 0 spiro atoms. The highest BCUT2D eigenvalue weighted by atomic mass is 35.5. The van der Waals surface area contributed by atoms with Gasteiger partial charge in [0.25, 0.3) is 0 Å². The summed E-state index contributed by atoms with van der Waals surface area (Å²) in [6, 6.07) is 2.05. The highest BCUT2D eigenvalue weighted by molar-refractivity contribution is 6.30. The Hall–Kier alpha value is -0.510. The first-order valence-electron chi connectivity index (χ1n) is 4.99. The number of hydrogen-bond donors (Lipinski definition) is 1. The van der Waals surface area contributed by atoms with E-state index < -0.39 is 0 Å². The number of nitrogens with zero attached hydrogens (tertiary/aromatic N) is 2. The average Bonchev–Trinajstić information content (AvgIpc) is 2.47. The van der Waals surface area contributed by atoms with E-state index >= 15 is 0 Å². The van der Waals surface area contributed by atoms with Gasteiger partial charge < -0.3 is 9.88 Å². The molecule has 0 radical (unpaired) electrons. The Balaban J connectivity index is 1.98. The lowest BCUT2D eigenvalue weighted by Gasteiger charge is -2.27. The first-order valence-corrected chi connectivity index (χ1v) is 5.37. The van der Waals surface area contributed by atoms with Crippen molar-refractivity contribution in [3.05, 3.63) is 23.0 Å². The Kier molecular flexibility index (Phi) is 3.11. The van der Waals surface area contributed by atoms with Crippen LogP contribution in [-0.4, -0.2) is 35.6 Å². The molecule has 2 heterocycles. The van der Waals surface area contributed by atoms with Gasteiger partial charge in [0.15, 0.2) is 0 Å². The van der Waals surface area contributed by atoms with E-state index in [1.165, 1.54) is 5.69 Å². The molecule has 1 aliphatic rings. The van der Waals surface area contributed by atoms with E-state index in [9.17, 15) is 0 Å². The van der Waals surface area contributed by atoms with Crippen LogP contribution < -0.4 is 5.32 Å². The third-order valence-electron chi connectivity index (χ3n) is 2.67. The zero-order valence-corrected chi connectivity index (χ0v) is 9.22. The molecule has 2 rings (SSSR count). The molecule has 3 nitrogen and oxygen atoms in total. The Labute approximate surface area is 89.6 Å². The van der Waals surface area contributed by atoms with Crippen molar-refractivity contribution in [1.29, 1.82) is 0 Å². The Morgan fingerprint density at radius 2 is 2.14 bits per heavy atom. The van der Waals surface area contributed by atoms with Crippen molar-refractivity contribution in [2.24, 2.45) is 7.05 Å². The quantitative estimate of drug-likeness (QED) is 0.794. The van der Waals surface area contributed by atoms with Gasteiger partial charge in [-0.25, -0.2) is 0 Å². The maximum atomic E-state index is 5.93. The summed E-state index contributed by atoms with van der Waals surface area (Å²) in [4.78, 5) is 2.45. The molecule has 0 atom stereocenters. The van der Waals surface area contributed by atoms with Gasteiger partial charge in [-0.05, 0) is 6.07 Å². The molecule has 0 aromatic carbocycles. The smallest absolute Gasteiger partial charge is 0.0585 e. The number of halogens is 1. The van der Waals surface area contributed by atoms with Crippen LogP contribution in [0.25, 0.3) is 0 Å². The molecular formula is C10H16ClN3. The molecule has 4 heteroatoms. The highest BCUT2D eigenvalue weighted by Gasteiger charge is 2.11. The molecule has 0 amide bonds. The molecule has 1 aromatic rings. The number of hydrogen-bond acceptors (Lipinski definition) is 2. The van der Waals surface area contributed by atoms with E-state index in [4.69, 9.17) is 11.6 Å². The maximum absolute atomic E-state index is 5.93. The molecule has 1 aliphatic heterocycles. The number of aromatic nitrogens is 1. The van der Waals surface area contributed by atoms with Crippen LogP contribution in [0.2, 0.25) is 5.02 Å². The van der Waals surface area contributed by atoms with Gasteiger partial charge in [-0.15, -0.1) is 0 Å². The van der Waals surface area contributed by atoms with E-state index in [0.717, 1.165) is 37.7 Å². The minimum atomic E-state index is 0.831. The summed E-state index contributed by atoms with van der Waals surface area (Å²) < 4.78 is 2.10. The van der Waals surface area contributed by atoms with Crippen LogP contribution >= 0.6 is 11.6 Å². The summed E-state index contributed by atoms with van der Waals surface area (Å²) in [7, 11) is 2.05. The number of nitrogens with one attached hydrogen (secondary N) is 1. The van der Waals surface area contributed by atoms with Gasteiger partial charge >= 0.3 is 0 Å². The first kappa shape index (κ1) is 10.0. The average molecular weight is 214 g/mol. The normalized spacial score (nSPS) is 18.7. The molecule has 0 saturated carbocycles. The lowest BCUT2D eigenvalue weighted by Crippen LogP contribution is -2.43. The molecule has 78 valence electrons. The summed E-state index contributed by atoms with van der Waals surface area (Å²) in [5.74, 6) is 0. The summed E-state index contributed by atoms with van der Waals surface area (Å²) in [5.41, 5.74) is 1.29. The zero-order chi connectivity index (χ0) is 9.97. The topological polar surface area (TPSA) is 20.2 Å². The summed E-state index contributed by atoms with van der Waals surface area (Å²) in [5, 5.41) is 4.18. The monoisotopic (exact) mass is 213 g/mol. The molecule has 0 bridgehead atoms. The van der Waals surface area contributed by atoms with Crippen molar-refractivity contribution in [2.75, 3.05) is 26.2 Å². The van der Waals surface area contributed by atoms with Crippen molar-refractivity contribution < 1.29 is 0 Å². The fourth-order valence-corrected chi connectivity index (χ4v) is 2.09. The van der Waals surface area contributed by atoms with Crippen molar-refractivity contribution in [3.8, 4) is 0 Å². The van der Waals surface area contributed by atoms with Gasteiger partial charge in [-0.3, -0.25) is 4.90 Å². The predicted molar refractivity (Wildman–Crippen MR) is 58.6 cm³/mol. The lowest BCUT2D eigenvalue weighted by atomic mass is 10.3. The van der Waals surface area contributed by atoms with Gasteiger partial charge in [0.05, 0.1) is 5.02 Å². The number of aryl methyl sites for hydroxylation is 1. The third-order valence-corrected chi connectivity index (χ3v) is 2.88. The van der Waals surface area contributed by atoms with Crippen LogP contribution in [0.1, 0.15) is 5.69 Å². The summed E-state index contributed by atoms with van der Waals surface area (Å²) in [6.07, 6.45) is 1.96. The molecule has 1 saturated heterocycles. The lowest BCUT2D eigenvalue weighted by molar-refractivity contribution is 0.229. The van der Waals surface area contributed by atoms with Crippen LogP contribution in [0, 0.1) is 0 Å². The Morgan fingerprint density at radius 3 is 2.71 bits per heavy atom. The fraction of sp³-hybridized carbons (Fsp3) is 0.600. The SMILES string of the molecule is Cn1cc(Cl)cc1CN1CCNCC1. The maximum Gasteiger partial charge on any atom is 0.0585 e. The van der Waals surface area contributed by atoms with Crippen molar-refractivity contribution in [2.45, 2.75) is 6.54 Å². The highest BCUT2D eigenvalue weighted by Crippen LogP contribution is 2.14. The second-order valence-corrected chi connectivity index (χ2v) is 4.22. The van der Waals surface area contributed by atoms with Crippen LogP contribution in [0.3, 0.4) is 0 Å². The van der Waals surface area contributed by atoms with Crippen molar-refractivity contribution >= 4 is 11.6 Å². The molecule has 0 aliphatic carbocycles. The molecule has 14 heavy (non-hydrogen) atoms. The van der Waals surface area contributed by atoms with Gasteiger partial charge in [-0.1, -0.05) is 11.6 Å². The summed E-state index contributed by atoms with van der Waals surface area (Å²) >= 11 is 5.93. The largest absolute Gasteiger partial charge is 0.352 e. The predicted octanol–water partition coefficient (Wildman–Crippen LogP) is 1.08. The van der Waals surface area contributed by atoms with Gasteiger partial charge in [0.2, 0.25) is 0 Å². The molecule has 1 aromatic heterocycles. The molecule has 1 N–H and O–H groups in total. The van der Waals surface area contributed by atoms with E-state index in [-0.39, 0.29) is 0 Å². The number of piperazine rings is 1. The van der Waals surface area contributed by atoms with E-state index in [1.54, 1.807) is 0 Å². The standard InChI is InChI=1S/C10H16ClN3/c1-13-7-9(11)6-10(13)8-14-4-2-12-3-5-14/h6-7,12H,2-5,8H2,1H3. The third kappa shape index (κ3) is 2.29. The molecular weight excluding hydrogens is 198 g/mol. The van der Waals surface area contributed by atoms with Crippen LogP contribution in [-0.2, 0) is 13.6 Å².